The van der Waals surface area contributed by atoms with Crippen LogP contribution >= 0.6 is 0 Å². The predicted octanol–water partition coefficient (Wildman–Crippen LogP) is 4.37. The molecule has 0 atom stereocenters. The van der Waals surface area contributed by atoms with E-state index in [1.807, 2.05) is 0 Å². The third-order valence-corrected chi connectivity index (χ3v) is 3.50. The number of ether oxygens (including phenoxy) is 1. The number of benzene rings is 2. The summed E-state index contributed by atoms with van der Waals surface area (Å²) in [7, 11) is 0. The van der Waals surface area contributed by atoms with Crippen molar-refractivity contribution in [1.82, 2.24) is 0 Å². The molecule has 27 heavy (non-hydrogen) atoms. The minimum Gasteiger partial charge on any atom is -0.367 e. The Hall–Kier alpha value is -2.87. The Morgan fingerprint density at radius 1 is 0.926 bits per heavy atom. The minimum absolute atomic E-state index is 0.105. The number of hydrogen-bond acceptors (Lipinski definition) is 3. The highest BCUT2D eigenvalue weighted by atomic mass is 19.4. The summed E-state index contributed by atoms with van der Waals surface area (Å²) in [6, 6.07) is 12.7. The zero-order valence-corrected chi connectivity index (χ0v) is 14.6. The van der Waals surface area contributed by atoms with Gasteiger partial charge in [0.05, 0.1) is 6.61 Å². The molecule has 8 heteroatoms. The second kappa shape index (κ2) is 9.18. The van der Waals surface area contributed by atoms with Crippen LogP contribution in [-0.2, 0) is 16.1 Å². The molecular formula is C19H19F3N2O3. The molecule has 0 saturated heterocycles. The van der Waals surface area contributed by atoms with Crippen LogP contribution in [0.3, 0.4) is 0 Å². The molecule has 0 aliphatic rings. The molecular weight excluding hydrogens is 361 g/mol. The van der Waals surface area contributed by atoms with Crippen molar-refractivity contribution >= 4 is 23.2 Å². The second-order valence-corrected chi connectivity index (χ2v) is 5.74. The van der Waals surface area contributed by atoms with E-state index in [0.29, 0.717) is 28.9 Å². The maximum Gasteiger partial charge on any atom is 0.411 e. The topological polar surface area (TPSA) is 67.4 Å². The molecule has 0 heterocycles. The summed E-state index contributed by atoms with van der Waals surface area (Å²) in [5.74, 6) is -0.464. The monoisotopic (exact) mass is 380 g/mol. The quantitative estimate of drug-likeness (QED) is 0.750. The summed E-state index contributed by atoms with van der Waals surface area (Å²) >= 11 is 0. The Morgan fingerprint density at radius 2 is 1.48 bits per heavy atom. The number of alkyl halides is 3. The third-order valence-electron chi connectivity index (χ3n) is 3.50. The van der Waals surface area contributed by atoms with E-state index in [1.54, 1.807) is 31.2 Å². The van der Waals surface area contributed by atoms with Crippen LogP contribution < -0.4 is 10.6 Å². The van der Waals surface area contributed by atoms with E-state index < -0.39 is 12.8 Å². The van der Waals surface area contributed by atoms with Crippen molar-refractivity contribution in [1.29, 1.82) is 0 Å². The second-order valence-electron chi connectivity index (χ2n) is 5.74. The summed E-state index contributed by atoms with van der Waals surface area (Å²) in [6.45, 7) is 0.244. The molecule has 0 aliphatic heterocycles. The number of rotatable bonds is 7. The van der Waals surface area contributed by atoms with Crippen LogP contribution in [0.25, 0.3) is 0 Å². The lowest BCUT2D eigenvalue weighted by Gasteiger charge is -2.09. The highest BCUT2D eigenvalue weighted by molar-refractivity contribution is 6.04. The fourth-order valence-corrected chi connectivity index (χ4v) is 2.13. The van der Waals surface area contributed by atoms with Gasteiger partial charge in [-0.05, 0) is 42.0 Å². The zero-order chi connectivity index (χ0) is 19.9. The standard InChI is InChI=1S/C19H19F3N2O3/c1-2-17(25)23-15-7-9-16(10-8-15)24-18(26)14-5-3-13(4-6-14)11-27-12-19(20,21)22/h3-10H,2,11-12H2,1H3,(H,23,25)(H,24,26). The van der Waals surface area contributed by atoms with Gasteiger partial charge in [0.1, 0.15) is 6.61 Å². The Morgan fingerprint density at radius 3 is 2.00 bits per heavy atom. The molecule has 5 nitrogen and oxygen atoms in total. The van der Waals surface area contributed by atoms with Gasteiger partial charge in [-0.2, -0.15) is 13.2 Å². The average molecular weight is 380 g/mol. The van der Waals surface area contributed by atoms with Crippen LogP contribution in [0.4, 0.5) is 24.5 Å². The van der Waals surface area contributed by atoms with Gasteiger partial charge in [0, 0.05) is 23.4 Å². The van der Waals surface area contributed by atoms with Gasteiger partial charge in [0.2, 0.25) is 5.91 Å². The fourth-order valence-electron chi connectivity index (χ4n) is 2.13. The van der Waals surface area contributed by atoms with Crippen molar-refractivity contribution in [2.45, 2.75) is 26.1 Å². The van der Waals surface area contributed by atoms with Crippen LogP contribution in [0, 0.1) is 0 Å². The number of anilines is 2. The molecule has 2 aromatic rings. The number of nitrogens with one attached hydrogen (secondary N) is 2. The first kappa shape index (κ1) is 20.4. The number of halogens is 3. The molecule has 0 aliphatic carbocycles. The highest BCUT2D eigenvalue weighted by Crippen LogP contribution is 2.17. The molecule has 2 aromatic carbocycles. The Kier molecular flexibility index (Phi) is 6.95. The normalized spacial score (nSPS) is 11.1. The predicted molar refractivity (Wildman–Crippen MR) is 95.5 cm³/mol. The molecule has 2 rings (SSSR count). The van der Waals surface area contributed by atoms with E-state index in [1.165, 1.54) is 24.3 Å². The van der Waals surface area contributed by atoms with Crippen molar-refractivity contribution in [3.8, 4) is 0 Å². The lowest BCUT2D eigenvalue weighted by molar-refractivity contribution is -0.176. The average Bonchev–Trinajstić information content (AvgIpc) is 2.62. The van der Waals surface area contributed by atoms with Crippen LogP contribution in [0.15, 0.2) is 48.5 Å². The van der Waals surface area contributed by atoms with E-state index >= 15 is 0 Å². The molecule has 0 saturated carbocycles. The number of carbonyl (C=O) groups excluding carboxylic acids is 2. The van der Waals surface area contributed by atoms with Gasteiger partial charge in [-0.15, -0.1) is 0 Å². The Balaban J connectivity index is 1.89. The van der Waals surface area contributed by atoms with Crippen molar-refractivity contribution < 1.29 is 27.5 Å². The van der Waals surface area contributed by atoms with Crippen molar-refractivity contribution in [3.05, 3.63) is 59.7 Å². The van der Waals surface area contributed by atoms with Crippen molar-refractivity contribution in [2.24, 2.45) is 0 Å². The highest BCUT2D eigenvalue weighted by Gasteiger charge is 2.27. The SMILES string of the molecule is CCC(=O)Nc1ccc(NC(=O)c2ccc(COCC(F)(F)F)cc2)cc1. The first-order valence-corrected chi connectivity index (χ1v) is 8.21. The van der Waals surface area contributed by atoms with Gasteiger partial charge >= 0.3 is 6.18 Å². The van der Waals surface area contributed by atoms with Gasteiger partial charge in [-0.3, -0.25) is 9.59 Å². The van der Waals surface area contributed by atoms with E-state index in [0.717, 1.165) is 0 Å². The zero-order valence-electron chi connectivity index (χ0n) is 14.6. The summed E-state index contributed by atoms with van der Waals surface area (Å²) in [5.41, 5.74) is 2.07. The Labute approximate surface area is 154 Å². The summed E-state index contributed by atoms with van der Waals surface area (Å²) in [6.07, 6.45) is -4.00. The van der Waals surface area contributed by atoms with Gasteiger partial charge in [0.15, 0.2) is 0 Å². The molecule has 0 bridgehead atoms. The van der Waals surface area contributed by atoms with Gasteiger partial charge in [0.25, 0.3) is 5.91 Å². The van der Waals surface area contributed by atoms with Crippen LogP contribution in [0.5, 0.6) is 0 Å². The van der Waals surface area contributed by atoms with E-state index in [9.17, 15) is 22.8 Å². The van der Waals surface area contributed by atoms with Gasteiger partial charge < -0.3 is 15.4 Å². The molecule has 0 radical (unpaired) electrons. The first-order chi connectivity index (χ1) is 12.8. The Bertz CT molecular complexity index is 772. The minimum atomic E-state index is -4.37. The molecule has 0 unspecified atom stereocenters. The smallest absolute Gasteiger partial charge is 0.367 e. The lowest BCUT2D eigenvalue weighted by Crippen LogP contribution is -2.16. The molecule has 0 fully saturated rings. The largest absolute Gasteiger partial charge is 0.411 e. The lowest BCUT2D eigenvalue weighted by atomic mass is 10.1. The molecule has 0 spiro atoms. The fraction of sp³-hybridized carbons (Fsp3) is 0.263. The molecule has 2 amide bonds. The van der Waals surface area contributed by atoms with Crippen molar-refractivity contribution in [3.63, 3.8) is 0 Å². The number of carbonyl (C=O) groups is 2. The van der Waals surface area contributed by atoms with Crippen LogP contribution in [0.1, 0.15) is 29.3 Å². The number of amides is 2. The third kappa shape index (κ3) is 7.10. The molecule has 0 aromatic heterocycles. The summed E-state index contributed by atoms with van der Waals surface area (Å²) in [4.78, 5) is 23.5. The molecule has 144 valence electrons. The molecule has 2 N–H and O–H groups in total. The summed E-state index contributed by atoms with van der Waals surface area (Å²) in [5, 5.41) is 5.41. The van der Waals surface area contributed by atoms with Gasteiger partial charge in [-0.25, -0.2) is 0 Å². The van der Waals surface area contributed by atoms with E-state index in [4.69, 9.17) is 0 Å². The summed E-state index contributed by atoms with van der Waals surface area (Å²) < 4.78 is 40.7. The van der Waals surface area contributed by atoms with Gasteiger partial charge in [-0.1, -0.05) is 19.1 Å². The van der Waals surface area contributed by atoms with E-state index in [-0.39, 0.29) is 18.4 Å². The first-order valence-electron chi connectivity index (χ1n) is 8.21. The van der Waals surface area contributed by atoms with Crippen LogP contribution in [0.2, 0.25) is 0 Å². The maximum absolute atomic E-state index is 12.2. The van der Waals surface area contributed by atoms with E-state index in [2.05, 4.69) is 15.4 Å². The maximum atomic E-state index is 12.2. The van der Waals surface area contributed by atoms with Crippen molar-refractivity contribution in [2.75, 3.05) is 17.2 Å². The number of hydrogen-bond donors (Lipinski definition) is 2. The van der Waals surface area contributed by atoms with Crippen LogP contribution in [-0.4, -0.2) is 24.6 Å².